The molecule has 140 valence electrons. The lowest BCUT2D eigenvalue weighted by Crippen LogP contribution is -2.42. The third kappa shape index (κ3) is 4.87. The molecule has 5 heteroatoms. The van der Waals surface area contributed by atoms with Crippen LogP contribution in [0, 0.1) is 0 Å². The van der Waals surface area contributed by atoms with Crippen LogP contribution >= 0.6 is 0 Å². The van der Waals surface area contributed by atoms with E-state index in [1.165, 1.54) is 17.4 Å². The number of rotatable bonds is 7. The number of ether oxygens (including phenoxy) is 1. The zero-order chi connectivity index (χ0) is 18.4. The summed E-state index contributed by atoms with van der Waals surface area (Å²) in [7, 11) is 0. The number of carbonyl (C=O) groups excluding carboxylic acids is 2. The Morgan fingerprint density at radius 3 is 2.81 bits per heavy atom. The molecule has 1 amide bonds. The number of para-hydroxylation sites is 1. The number of aromatic amines is 1. The number of benzene rings is 1. The fourth-order valence-electron chi connectivity index (χ4n) is 3.64. The van der Waals surface area contributed by atoms with Crippen LogP contribution in [0.3, 0.4) is 0 Å². The van der Waals surface area contributed by atoms with Crippen LogP contribution in [0.25, 0.3) is 10.9 Å². The van der Waals surface area contributed by atoms with E-state index in [0.29, 0.717) is 12.8 Å². The number of nitrogens with one attached hydrogen (secondary N) is 2. The van der Waals surface area contributed by atoms with Crippen LogP contribution < -0.4 is 5.32 Å². The summed E-state index contributed by atoms with van der Waals surface area (Å²) in [6, 6.07) is 8.37. The number of hydrogen-bond acceptors (Lipinski definition) is 3. The molecule has 0 unspecified atom stereocenters. The summed E-state index contributed by atoms with van der Waals surface area (Å²) in [4.78, 5) is 27.4. The van der Waals surface area contributed by atoms with Gasteiger partial charge in [0.05, 0.1) is 0 Å². The summed E-state index contributed by atoms with van der Waals surface area (Å²) in [5.74, 6) is -0.488. The van der Waals surface area contributed by atoms with Gasteiger partial charge in [0.2, 0.25) is 0 Å². The van der Waals surface area contributed by atoms with Gasteiger partial charge in [-0.1, -0.05) is 37.5 Å². The fourth-order valence-corrected chi connectivity index (χ4v) is 3.64. The predicted molar refractivity (Wildman–Crippen MR) is 102 cm³/mol. The number of H-pyrrole nitrogens is 1. The molecule has 0 aliphatic heterocycles. The molecule has 1 aliphatic rings. The second kappa shape index (κ2) is 8.88. The van der Waals surface area contributed by atoms with Crippen molar-refractivity contribution in [2.24, 2.45) is 0 Å². The van der Waals surface area contributed by atoms with E-state index in [1.54, 1.807) is 6.92 Å². The summed E-state index contributed by atoms with van der Waals surface area (Å²) in [6.07, 6.45) is 8.72. The van der Waals surface area contributed by atoms with Crippen molar-refractivity contribution in [3.05, 3.63) is 36.0 Å². The average Bonchev–Trinajstić information content (AvgIpc) is 3.06. The topological polar surface area (TPSA) is 71.2 Å². The minimum absolute atomic E-state index is 0.179. The highest BCUT2D eigenvalue weighted by molar-refractivity contribution is 5.84. The molecule has 1 aliphatic carbocycles. The van der Waals surface area contributed by atoms with E-state index in [2.05, 4.69) is 16.4 Å². The van der Waals surface area contributed by atoms with Crippen LogP contribution in [0.2, 0.25) is 0 Å². The molecule has 1 aromatic heterocycles. The normalized spacial score (nSPS) is 16.3. The Morgan fingerprint density at radius 1 is 1.23 bits per heavy atom. The SMILES string of the molecule is C[C@H](OC(=O)CCCc1c[nH]c2ccccc12)C(=O)NC1CCCCC1. The quantitative estimate of drug-likeness (QED) is 0.740. The van der Waals surface area contributed by atoms with Crippen molar-refractivity contribution in [1.29, 1.82) is 0 Å². The molecular weight excluding hydrogens is 328 g/mol. The lowest BCUT2D eigenvalue weighted by Gasteiger charge is -2.24. The summed E-state index contributed by atoms with van der Waals surface area (Å²) in [5, 5.41) is 4.20. The number of aromatic nitrogens is 1. The van der Waals surface area contributed by atoms with E-state index >= 15 is 0 Å². The molecule has 0 spiro atoms. The lowest BCUT2D eigenvalue weighted by molar-refractivity contribution is -0.155. The van der Waals surface area contributed by atoms with Gasteiger partial charge in [-0.2, -0.15) is 0 Å². The number of fused-ring (bicyclic) bond motifs is 1. The monoisotopic (exact) mass is 356 g/mol. The molecule has 2 N–H and O–H groups in total. The molecule has 1 saturated carbocycles. The molecule has 0 bridgehead atoms. The first-order valence-corrected chi connectivity index (χ1v) is 9.68. The fraction of sp³-hybridized carbons (Fsp3) is 0.524. The smallest absolute Gasteiger partial charge is 0.306 e. The molecule has 3 rings (SSSR count). The number of carbonyl (C=O) groups is 2. The number of amides is 1. The van der Waals surface area contributed by atoms with Crippen molar-refractivity contribution in [3.63, 3.8) is 0 Å². The molecule has 1 atom stereocenters. The Kier molecular flexibility index (Phi) is 6.31. The van der Waals surface area contributed by atoms with E-state index in [1.807, 2.05) is 24.4 Å². The van der Waals surface area contributed by atoms with Crippen molar-refractivity contribution in [1.82, 2.24) is 10.3 Å². The second-order valence-corrected chi connectivity index (χ2v) is 7.19. The average molecular weight is 356 g/mol. The van der Waals surface area contributed by atoms with Crippen LogP contribution in [-0.4, -0.2) is 29.0 Å². The summed E-state index contributed by atoms with van der Waals surface area (Å²) in [5.41, 5.74) is 2.31. The molecule has 0 radical (unpaired) electrons. The molecule has 1 fully saturated rings. The van der Waals surface area contributed by atoms with Gasteiger partial charge in [-0.05, 0) is 44.2 Å². The second-order valence-electron chi connectivity index (χ2n) is 7.19. The van der Waals surface area contributed by atoms with E-state index in [4.69, 9.17) is 4.74 Å². The van der Waals surface area contributed by atoms with Crippen LogP contribution in [0.4, 0.5) is 0 Å². The standard InChI is InChI=1S/C21H28N2O3/c1-15(21(25)23-17-9-3-2-4-10-17)26-20(24)13-7-8-16-14-22-19-12-6-5-11-18(16)19/h5-6,11-12,14-15,17,22H,2-4,7-10,13H2,1H3,(H,23,25)/t15-/m0/s1. The van der Waals surface area contributed by atoms with Crippen LogP contribution in [0.5, 0.6) is 0 Å². The predicted octanol–water partition coefficient (Wildman–Crippen LogP) is 3.87. The van der Waals surface area contributed by atoms with Gasteiger partial charge in [0, 0.05) is 29.6 Å². The molecule has 5 nitrogen and oxygen atoms in total. The molecule has 26 heavy (non-hydrogen) atoms. The van der Waals surface area contributed by atoms with Crippen molar-refractivity contribution in [3.8, 4) is 0 Å². The van der Waals surface area contributed by atoms with Crippen molar-refractivity contribution in [2.45, 2.75) is 70.4 Å². The molecule has 1 heterocycles. The van der Waals surface area contributed by atoms with E-state index in [-0.39, 0.29) is 17.9 Å². The van der Waals surface area contributed by atoms with Gasteiger partial charge >= 0.3 is 5.97 Å². The molecular formula is C21H28N2O3. The minimum Gasteiger partial charge on any atom is -0.453 e. The van der Waals surface area contributed by atoms with Crippen molar-refractivity contribution >= 4 is 22.8 Å². The molecule has 2 aromatic rings. The van der Waals surface area contributed by atoms with Crippen LogP contribution in [-0.2, 0) is 20.7 Å². The van der Waals surface area contributed by atoms with E-state index < -0.39 is 6.10 Å². The maximum Gasteiger partial charge on any atom is 0.306 e. The summed E-state index contributed by atoms with van der Waals surface area (Å²) >= 11 is 0. The van der Waals surface area contributed by atoms with Gasteiger partial charge in [-0.3, -0.25) is 9.59 Å². The Morgan fingerprint density at radius 2 is 2.00 bits per heavy atom. The molecule has 1 aromatic carbocycles. The summed E-state index contributed by atoms with van der Waals surface area (Å²) < 4.78 is 5.30. The van der Waals surface area contributed by atoms with Gasteiger partial charge in [0.25, 0.3) is 5.91 Å². The van der Waals surface area contributed by atoms with Crippen molar-refractivity contribution < 1.29 is 14.3 Å². The largest absolute Gasteiger partial charge is 0.453 e. The number of aryl methyl sites for hydroxylation is 1. The minimum atomic E-state index is -0.725. The van der Waals surface area contributed by atoms with E-state index in [0.717, 1.165) is 37.6 Å². The highest BCUT2D eigenvalue weighted by atomic mass is 16.5. The maximum atomic E-state index is 12.2. The number of esters is 1. The van der Waals surface area contributed by atoms with E-state index in [9.17, 15) is 9.59 Å². The number of hydrogen-bond donors (Lipinski definition) is 2. The van der Waals surface area contributed by atoms with Gasteiger partial charge < -0.3 is 15.0 Å². The first kappa shape index (κ1) is 18.5. The van der Waals surface area contributed by atoms with Gasteiger partial charge in [-0.25, -0.2) is 0 Å². The molecule has 0 saturated heterocycles. The first-order valence-electron chi connectivity index (χ1n) is 9.68. The highest BCUT2D eigenvalue weighted by Gasteiger charge is 2.22. The Bertz CT molecular complexity index is 747. The third-order valence-corrected chi connectivity index (χ3v) is 5.13. The van der Waals surface area contributed by atoms with Crippen LogP contribution in [0.1, 0.15) is 57.4 Å². The summed E-state index contributed by atoms with van der Waals surface area (Å²) in [6.45, 7) is 1.65. The first-order chi connectivity index (χ1) is 12.6. The lowest BCUT2D eigenvalue weighted by atomic mass is 9.95. The zero-order valence-corrected chi connectivity index (χ0v) is 15.4. The Balaban J connectivity index is 1.39. The Hall–Kier alpha value is -2.30. The van der Waals surface area contributed by atoms with Gasteiger partial charge in [0.1, 0.15) is 0 Å². The Labute approximate surface area is 154 Å². The van der Waals surface area contributed by atoms with Crippen molar-refractivity contribution in [2.75, 3.05) is 0 Å². The zero-order valence-electron chi connectivity index (χ0n) is 15.4. The van der Waals surface area contributed by atoms with Gasteiger partial charge in [0.15, 0.2) is 6.10 Å². The van der Waals surface area contributed by atoms with Crippen LogP contribution in [0.15, 0.2) is 30.5 Å². The van der Waals surface area contributed by atoms with Gasteiger partial charge in [-0.15, -0.1) is 0 Å². The highest BCUT2D eigenvalue weighted by Crippen LogP contribution is 2.20. The maximum absolute atomic E-state index is 12.2. The third-order valence-electron chi connectivity index (χ3n) is 5.13.